The summed E-state index contributed by atoms with van der Waals surface area (Å²) in [7, 11) is 0. The van der Waals surface area contributed by atoms with Crippen molar-refractivity contribution in [2.45, 2.75) is 10.9 Å². The molecule has 17 valence electrons. The van der Waals surface area contributed by atoms with Crippen LogP contribution < -0.4 is 29.6 Å². The predicted molar refractivity (Wildman–Crippen MR) is 11.6 cm³/mol. The Morgan fingerprint density at radius 2 is 2.00 bits per heavy atom. The molecular formula is C2H6HgNa. The Hall–Kier alpha value is 1.94. The van der Waals surface area contributed by atoms with E-state index in [1.54, 1.807) is 0 Å². The summed E-state index contributed by atoms with van der Waals surface area (Å²) < 4.78 is 1.44. The zero-order valence-corrected chi connectivity index (χ0v) is 10.9. The zero-order chi connectivity index (χ0) is 2.71. The Morgan fingerprint density at radius 3 is 2.00 bits per heavy atom. The van der Waals surface area contributed by atoms with E-state index in [0.29, 0.717) is 0 Å². The molecule has 0 amide bonds. The van der Waals surface area contributed by atoms with Gasteiger partial charge in [0.2, 0.25) is 0 Å². The van der Waals surface area contributed by atoms with Gasteiger partial charge in [0.25, 0.3) is 0 Å². The Morgan fingerprint density at radius 1 is 2.00 bits per heavy atom. The van der Waals surface area contributed by atoms with Crippen LogP contribution in [0.1, 0.15) is 8.35 Å². The summed E-state index contributed by atoms with van der Waals surface area (Å²) in [5.41, 5.74) is 0. The average Bonchev–Trinajstić information content (AvgIpc) is 0.918. The smallest absolute Gasteiger partial charge is 1.00 e. The molecule has 0 unspecified atom stereocenters. The molecule has 0 nitrogen and oxygen atoms in total. The zero-order valence-electron chi connectivity index (χ0n) is 4.41. The largest absolute Gasteiger partial charge is 1.00 e. The summed E-state index contributed by atoms with van der Waals surface area (Å²) in [5, 5.41) is 0. The van der Waals surface area contributed by atoms with Gasteiger partial charge in [-0.25, -0.2) is 0 Å². The molecule has 4 heavy (non-hydrogen) atoms. The molecule has 0 aliphatic carbocycles. The molecule has 0 heterocycles. The average molecular weight is 254 g/mol. The maximum atomic E-state index is 2.21. The molecule has 0 atom stereocenters. The molecular weight excluding hydrogens is 248 g/mol. The maximum absolute atomic E-state index is 2.21. The van der Waals surface area contributed by atoms with Gasteiger partial charge >= 0.3 is 66.5 Å². The topological polar surface area (TPSA) is 0 Å². The molecule has 0 saturated carbocycles. The Balaban J connectivity index is -0.0000000200. The van der Waals surface area contributed by atoms with Crippen molar-refractivity contribution < 1.29 is 57.1 Å². The molecule has 0 radical (unpaired) electrons. The molecule has 0 spiro atoms. The van der Waals surface area contributed by atoms with Crippen LogP contribution >= 0.6 is 0 Å². The van der Waals surface area contributed by atoms with Gasteiger partial charge in [0.15, 0.2) is 0 Å². The maximum Gasteiger partial charge on any atom is 1.00 e. The van der Waals surface area contributed by atoms with Gasteiger partial charge in [-0.15, -0.1) is 0 Å². The van der Waals surface area contributed by atoms with E-state index in [1.807, 2.05) is 0 Å². The van der Waals surface area contributed by atoms with Gasteiger partial charge in [-0.05, 0) is 0 Å². The molecule has 0 aromatic rings. The molecule has 0 aliphatic rings. The van der Waals surface area contributed by atoms with Gasteiger partial charge in [-0.1, -0.05) is 0 Å². The minimum atomic E-state index is 0. The fourth-order valence-corrected chi connectivity index (χ4v) is 0. The number of hydrogen-bond acceptors (Lipinski definition) is 0. The normalized spacial score (nSPS) is 4.75. The van der Waals surface area contributed by atoms with E-state index >= 15 is 0 Å². The second kappa shape index (κ2) is 8.87. The van der Waals surface area contributed by atoms with E-state index in [9.17, 15) is 0 Å². The first kappa shape index (κ1) is 9.33. The minimum Gasteiger partial charge on any atom is -1.00 e. The third-order valence-corrected chi connectivity index (χ3v) is 0. The van der Waals surface area contributed by atoms with Gasteiger partial charge in [0.05, 0.1) is 0 Å². The van der Waals surface area contributed by atoms with Crippen molar-refractivity contribution in [2.24, 2.45) is 0 Å². The van der Waals surface area contributed by atoms with E-state index < -0.39 is 0 Å². The van der Waals surface area contributed by atoms with E-state index in [2.05, 4.69) is 6.92 Å². The second-order valence-corrected chi connectivity index (χ2v) is 4.39. The Bertz CT molecular complexity index is 9.61. The van der Waals surface area contributed by atoms with Crippen LogP contribution in [0.4, 0.5) is 0 Å². The van der Waals surface area contributed by atoms with Crippen molar-refractivity contribution in [1.82, 2.24) is 0 Å². The molecule has 0 fully saturated rings. The van der Waals surface area contributed by atoms with E-state index in [4.69, 9.17) is 0 Å². The number of rotatable bonds is 0. The van der Waals surface area contributed by atoms with E-state index in [0.717, 1.165) is 26.1 Å². The molecule has 2 heteroatoms. The van der Waals surface area contributed by atoms with Gasteiger partial charge in [0, 0.05) is 0 Å². The third kappa shape index (κ3) is 9.05. The molecule has 0 N–H and O–H groups in total. The third-order valence-electron chi connectivity index (χ3n) is 0. The van der Waals surface area contributed by atoms with Gasteiger partial charge < -0.3 is 1.43 Å². The van der Waals surface area contributed by atoms with Crippen LogP contribution in [0.2, 0.25) is 3.93 Å². The fourth-order valence-electron chi connectivity index (χ4n) is 0. The van der Waals surface area contributed by atoms with Crippen LogP contribution in [0.3, 0.4) is 0 Å². The molecule has 0 aromatic carbocycles. The van der Waals surface area contributed by atoms with Crippen molar-refractivity contribution >= 4 is 0 Å². The summed E-state index contributed by atoms with van der Waals surface area (Å²) in [6, 6.07) is 0. The van der Waals surface area contributed by atoms with Crippen molar-refractivity contribution in [1.29, 1.82) is 0 Å². The Kier molecular flexibility index (Phi) is 20.7. The predicted octanol–water partition coefficient (Wildman–Crippen LogP) is -1.91. The molecule has 0 aliphatic heterocycles. The van der Waals surface area contributed by atoms with Crippen LogP contribution in [-0.2, 0) is 26.1 Å². The minimum absolute atomic E-state index is 0. The monoisotopic (exact) mass is 255 g/mol. The summed E-state index contributed by atoms with van der Waals surface area (Å²) in [6.07, 6.45) is 0. The molecule has 0 bridgehead atoms. The number of hydrogen-bond donors (Lipinski definition) is 0. The van der Waals surface area contributed by atoms with Crippen LogP contribution in [-0.4, -0.2) is 0 Å². The van der Waals surface area contributed by atoms with Crippen molar-refractivity contribution in [2.75, 3.05) is 0 Å². The van der Waals surface area contributed by atoms with Gasteiger partial charge in [-0.2, -0.15) is 0 Å². The summed E-state index contributed by atoms with van der Waals surface area (Å²) in [4.78, 5) is 0. The first-order chi connectivity index (χ1) is 1.41. The van der Waals surface area contributed by atoms with E-state index in [-0.39, 0.29) is 31.0 Å². The van der Waals surface area contributed by atoms with Crippen molar-refractivity contribution in [3.8, 4) is 0 Å². The van der Waals surface area contributed by atoms with Gasteiger partial charge in [0.1, 0.15) is 0 Å². The Labute approximate surface area is 67.1 Å². The van der Waals surface area contributed by atoms with Gasteiger partial charge in [-0.3, -0.25) is 0 Å². The van der Waals surface area contributed by atoms with Crippen molar-refractivity contribution in [3.63, 3.8) is 0 Å². The fraction of sp³-hybridized carbons (Fsp3) is 1.00. The van der Waals surface area contributed by atoms with Crippen LogP contribution in [0, 0.1) is 0 Å². The van der Waals surface area contributed by atoms with Crippen LogP contribution in [0.5, 0.6) is 0 Å². The summed E-state index contributed by atoms with van der Waals surface area (Å²) >= 11 is 1.07. The summed E-state index contributed by atoms with van der Waals surface area (Å²) in [5.74, 6) is 0. The molecule has 0 saturated heterocycles. The first-order valence-corrected chi connectivity index (χ1v) is 5.09. The van der Waals surface area contributed by atoms with E-state index in [1.165, 1.54) is 3.93 Å². The summed E-state index contributed by atoms with van der Waals surface area (Å²) in [6.45, 7) is 2.21. The standard InChI is InChI=1S/C2H5.Hg.Na.H/c1-2;;;/h1H2,2H3;;;/q;;+1;-1. The van der Waals surface area contributed by atoms with Crippen LogP contribution in [0.15, 0.2) is 0 Å². The second-order valence-electron chi connectivity index (χ2n) is 0.500. The molecule has 0 rings (SSSR count). The quantitative estimate of drug-likeness (QED) is 0.442. The van der Waals surface area contributed by atoms with Crippen LogP contribution in [0.25, 0.3) is 0 Å². The van der Waals surface area contributed by atoms with Crippen molar-refractivity contribution in [3.05, 3.63) is 0 Å². The first-order valence-electron chi connectivity index (χ1n) is 1.21. The molecule has 0 aromatic heterocycles. The SMILES string of the molecule is C[CH2][Hg].[H-].[Na+].